The number of carbonyl (C=O) groups is 2. The van der Waals surface area contributed by atoms with Crippen LogP contribution in [0, 0.1) is 5.92 Å². The SMILES string of the molecule is COCc1nc(C(=O)N2CCCC(C(=O)NC3CCCCC3)C2)cs1. The van der Waals surface area contributed by atoms with Crippen molar-refractivity contribution in [3.05, 3.63) is 16.1 Å². The fourth-order valence-electron chi connectivity index (χ4n) is 3.70. The van der Waals surface area contributed by atoms with Crippen molar-refractivity contribution in [3.8, 4) is 0 Å². The number of amides is 2. The summed E-state index contributed by atoms with van der Waals surface area (Å²) >= 11 is 1.43. The lowest BCUT2D eigenvalue weighted by Gasteiger charge is -2.33. The Balaban J connectivity index is 1.56. The predicted octanol–water partition coefficient (Wildman–Crippen LogP) is 2.59. The molecule has 0 radical (unpaired) electrons. The number of piperidine rings is 1. The molecule has 1 unspecified atom stereocenters. The molecule has 0 bridgehead atoms. The number of carbonyl (C=O) groups excluding carboxylic acids is 2. The first-order valence-corrected chi connectivity index (χ1v) is 10.1. The summed E-state index contributed by atoms with van der Waals surface area (Å²) in [6.45, 7) is 1.61. The van der Waals surface area contributed by atoms with Crippen LogP contribution in [-0.2, 0) is 16.1 Å². The van der Waals surface area contributed by atoms with Crippen LogP contribution in [0.25, 0.3) is 0 Å². The molecular weight excluding hydrogens is 338 g/mol. The van der Waals surface area contributed by atoms with Crippen LogP contribution in [0.5, 0.6) is 0 Å². The molecule has 7 heteroatoms. The van der Waals surface area contributed by atoms with Gasteiger partial charge in [0.05, 0.1) is 12.5 Å². The van der Waals surface area contributed by atoms with Crippen molar-refractivity contribution in [2.24, 2.45) is 5.92 Å². The summed E-state index contributed by atoms with van der Waals surface area (Å²) in [7, 11) is 1.61. The lowest BCUT2D eigenvalue weighted by molar-refractivity contribution is -0.127. The zero-order valence-electron chi connectivity index (χ0n) is 14.8. The highest BCUT2D eigenvalue weighted by atomic mass is 32.1. The van der Waals surface area contributed by atoms with E-state index in [0.717, 1.165) is 30.7 Å². The van der Waals surface area contributed by atoms with Gasteiger partial charge < -0.3 is 15.0 Å². The van der Waals surface area contributed by atoms with Gasteiger partial charge in [0, 0.05) is 31.6 Å². The lowest BCUT2D eigenvalue weighted by atomic mass is 9.93. The van der Waals surface area contributed by atoms with E-state index >= 15 is 0 Å². The van der Waals surface area contributed by atoms with Crippen molar-refractivity contribution < 1.29 is 14.3 Å². The van der Waals surface area contributed by atoms with Crippen molar-refractivity contribution in [3.63, 3.8) is 0 Å². The van der Waals surface area contributed by atoms with Gasteiger partial charge >= 0.3 is 0 Å². The molecule has 1 saturated heterocycles. The fourth-order valence-corrected chi connectivity index (χ4v) is 4.44. The van der Waals surface area contributed by atoms with Crippen LogP contribution >= 0.6 is 11.3 Å². The van der Waals surface area contributed by atoms with Gasteiger partial charge in [-0.1, -0.05) is 19.3 Å². The van der Waals surface area contributed by atoms with E-state index in [2.05, 4.69) is 10.3 Å². The van der Waals surface area contributed by atoms with E-state index in [1.807, 2.05) is 0 Å². The maximum atomic E-state index is 12.7. The number of ether oxygens (including phenoxy) is 1. The number of hydrogen-bond acceptors (Lipinski definition) is 5. The van der Waals surface area contributed by atoms with Gasteiger partial charge in [0.25, 0.3) is 5.91 Å². The van der Waals surface area contributed by atoms with Crippen LogP contribution in [0.2, 0.25) is 0 Å². The van der Waals surface area contributed by atoms with Crippen molar-refractivity contribution >= 4 is 23.2 Å². The van der Waals surface area contributed by atoms with Gasteiger partial charge in [0.15, 0.2) is 0 Å². The molecule has 0 spiro atoms. The molecular formula is C18H27N3O3S. The monoisotopic (exact) mass is 365 g/mol. The Bertz CT molecular complexity index is 598. The van der Waals surface area contributed by atoms with Gasteiger partial charge in [-0.05, 0) is 25.7 Å². The third kappa shape index (κ3) is 4.79. The van der Waals surface area contributed by atoms with Gasteiger partial charge in [-0.15, -0.1) is 11.3 Å². The quantitative estimate of drug-likeness (QED) is 0.871. The molecule has 25 heavy (non-hydrogen) atoms. The lowest BCUT2D eigenvalue weighted by Crippen LogP contribution is -2.48. The van der Waals surface area contributed by atoms with Gasteiger partial charge in [-0.25, -0.2) is 4.98 Å². The Labute approximate surface area is 153 Å². The zero-order valence-corrected chi connectivity index (χ0v) is 15.6. The summed E-state index contributed by atoms with van der Waals surface area (Å²) in [6.07, 6.45) is 7.57. The van der Waals surface area contributed by atoms with Gasteiger partial charge in [0.2, 0.25) is 5.91 Å². The van der Waals surface area contributed by atoms with E-state index in [-0.39, 0.29) is 17.7 Å². The molecule has 1 atom stereocenters. The summed E-state index contributed by atoms with van der Waals surface area (Å²) in [5.41, 5.74) is 0.463. The molecule has 6 nitrogen and oxygen atoms in total. The van der Waals surface area contributed by atoms with Crippen LogP contribution in [0.1, 0.15) is 60.4 Å². The molecule has 1 N–H and O–H groups in total. The topological polar surface area (TPSA) is 71.5 Å². The number of hydrogen-bond donors (Lipinski definition) is 1. The van der Waals surface area contributed by atoms with Crippen LogP contribution in [0.15, 0.2) is 5.38 Å². The minimum atomic E-state index is -0.100. The molecule has 1 aliphatic carbocycles. The normalized spacial score (nSPS) is 22.0. The largest absolute Gasteiger partial charge is 0.378 e. The van der Waals surface area contributed by atoms with Crippen LogP contribution < -0.4 is 5.32 Å². The second-order valence-corrected chi connectivity index (χ2v) is 7.94. The molecule has 1 aromatic heterocycles. The summed E-state index contributed by atoms with van der Waals surface area (Å²) in [5, 5.41) is 5.78. The van der Waals surface area contributed by atoms with Crippen LogP contribution in [-0.4, -0.2) is 47.9 Å². The highest BCUT2D eigenvalue weighted by Gasteiger charge is 2.31. The van der Waals surface area contributed by atoms with Gasteiger partial charge in [-0.3, -0.25) is 9.59 Å². The van der Waals surface area contributed by atoms with Crippen molar-refractivity contribution in [1.82, 2.24) is 15.2 Å². The minimum Gasteiger partial charge on any atom is -0.378 e. The first kappa shape index (κ1) is 18.3. The second-order valence-electron chi connectivity index (χ2n) is 6.99. The van der Waals surface area contributed by atoms with Gasteiger partial charge in [-0.2, -0.15) is 0 Å². The van der Waals surface area contributed by atoms with Crippen LogP contribution in [0.3, 0.4) is 0 Å². The number of nitrogens with one attached hydrogen (secondary N) is 1. The molecule has 138 valence electrons. The molecule has 2 fully saturated rings. The maximum absolute atomic E-state index is 12.7. The first-order valence-electron chi connectivity index (χ1n) is 9.20. The molecule has 1 aliphatic heterocycles. The Morgan fingerprint density at radius 3 is 2.84 bits per heavy atom. The van der Waals surface area contributed by atoms with Crippen molar-refractivity contribution in [1.29, 1.82) is 0 Å². The highest BCUT2D eigenvalue weighted by molar-refractivity contribution is 7.09. The highest BCUT2D eigenvalue weighted by Crippen LogP contribution is 2.22. The maximum Gasteiger partial charge on any atom is 0.273 e. The average Bonchev–Trinajstić information content (AvgIpc) is 3.11. The molecule has 0 aromatic carbocycles. The van der Waals surface area contributed by atoms with E-state index in [0.29, 0.717) is 31.4 Å². The molecule has 1 saturated carbocycles. The predicted molar refractivity (Wildman–Crippen MR) is 96.5 cm³/mol. The summed E-state index contributed by atoms with van der Waals surface area (Å²) < 4.78 is 5.06. The van der Waals surface area contributed by atoms with E-state index in [4.69, 9.17) is 4.74 Å². The van der Waals surface area contributed by atoms with E-state index in [1.165, 1.54) is 30.6 Å². The summed E-state index contributed by atoms with van der Waals surface area (Å²) in [5.74, 6) is -0.0618. The summed E-state index contributed by atoms with van der Waals surface area (Å²) in [4.78, 5) is 31.4. The second kappa shape index (κ2) is 8.76. The number of likely N-dealkylation sites (tertiary alicyclic amines) is 1. The molecule has 3 rings (SSSR count). The number of thiazole rings is 1. The molecule has 2 heterocycles. The number of nitrogens with zero attached hydrogens (tertiary/aromatic N) is 2. The van der Waals surface area contributed by atoms with Crippen molar-refractivity contribution in [2.75, 3.05) is 20.2 Å². The third-order valence-electron chi connectivity index (χ3n) is 5.07. The average molecular weight is 365 g/mol. The standard InChI is InChI=1S/C18H27N3O3S/c1-24-11-16-20-15(12-25-16)18(23)21-9-5-6-13(10-21)17(22)19-14-7-3-2-4-8-14/h12-14H,2-11H2,1H3,(H,19,22). The molecule has 2 amide bonds. The van der Waals surface area contributed by atoms with E-state index in [9.17, 15) is 9.59 Å². The summed E-state index contributed by atoms with van der Waals surface area (Å²) in [6, 6.07) is 0.322. The smallest absolute Gasteiger partial charge is 0.273 e. The fraction of sp³-hybridized carbons (Fsp3) is 0.722. The van der Waals surface area contributed by atoms with Gasteiger partial charge in [0.1, 0.15) is 10.7 Å². The van der Waals surface area contributed by atoms with Crippen LogP contribution in [0.4, 0.5) is 0 Å². The third-order valence-corrected chi connectivity index (χ3v) is 5.89. The van der Waals surface area contributed by atoms with E-state index < -0.39 is 0 Å². The van der Waals surface area contributed by atoms with E-state index in [1.54, 1.807) is 17.4 Å². The Kier molecular flexibility index (Phi) is 6.42. The minimum absolute atomic E-state index is 0.0752. The number of aromatic nitrogens is 1. The Morgan fingerprint density at radius 1 is 1.28 bits per heavy atom. The zero-order chi connectivity index (χ0) is 17.6. The molecule has 1 aromatic rings. The van der Waals surface area contributed by atoms with Crippen molar-refractivity contribution in [2.45, 2.75) is 57.6 Å². The Morgan fingerprint density at radius 2 is 2.08 bits per heavy atom. The first-order chi connectivity index (χ1) is 12.2. The molecule has 2 aliphatic rings. The Hall–Kier alpha value is -1.47. The number of methoxy groups -OCH3 is 1. The number of rotatable bonds is 5.